The molecule has 0 N–H and O–H groups in total. The molecule has 1 aliphatic rings. The first kappa shape index (κ1) is 16.0. The molecular formula is C19H14N2O5. The lowest BCUT2D eigenvalue weighted by Gasteiger charge is -2.26. The summed E-state index contributed by atoms with van der Waals surface area (Å²) in [5, 5.41) is 11.5. The normalized spacial score (nSPS) is 16.2. The summed E-state index contributed by atoms with van der Waals surface area (Å²) in [6.45, 7) is 0. The maximum absolute atomic E-state index is 13.0. The molecule has 0 radical (unpaired) electrons. The van der Waals surface area contributed by atoms with Crippen molar-refractivity contribution in [3.05, 3.63) is 80.1 Å². The van der Waals surface area contributed by atoms with E-state index in [9.17, 15) is 19.7 Å². The molecule has 0 saturated carbocycles. The van der Waals surface area contributed by atoms with Crippen LogP contribution in [-0.4, -0.2) is 15.5 Å². The van der Waals surface area contributed by atoms with Crippen LogP contribution < -0.4 is 10.3 Å². The van der Waals surface area contributed by atoms with Crippen LogP contribution in [0.1, 0.15) is 23.5 Å². The molecule has 0 aliphatic carbocycles. The molecule has 4 rings (SSSR count). The number of nitro groups is 1. The van der Waals surface area contributed by atoms with Gasteiger partial charge in [-0.1, -0.05) is 24.3 Å². The fourth-order valence-corrected chi connectivity index (χ4v) is 3.44. The van der Waals surface area contributed by atoms with Crippen LogP contribution in [0.15, 0.2) is 53.3 Å². The van der Waals surface area contributed by atoms with Crippen LogP contribution in [0.2, 0.25) is 0 Å². The van der Waals surface area contributed by atoms with Crippen molar-refractivity contribution < 1.29 is 14.5 Å². The van der Waals surface area contributed by atoms with Crippen LogP contribution in [0.3, 0.4) is 0 Å². The molecule has 1 aliphatic heterocycles. The van der Waals surface area contributed by atoms with Gasteiger partial charge in [-0.3, -0.25) is 19.7 Å². The fraction of sp³-hybridized carbons (Fsp3) is 0.158. The first-order valence-corrected chi connectivity index (χ1v) is 8.04. The molecule has 7 heteroatoms. The van der Waals surface area contributed by atoms with Crippen LogP contribution >= 0.6 is 0 Å². The van der Waals surface area contributed by atoms with E-state index in [1.165, 1.54) is 16.7 Å². The third kappa shape index (κ3) is 2.36. The fourth-order valence-electron chi connectivity index (χ4n) is 3.44. The van der Waals surface area contributed by atoms with E-state index in [0.29, 0.717) is 22.0 Å². The van der Waals surface area contributed by atoms with Crippen LogP contribution in [0.5, 0.6) is 5.75 Å². The number of carbonyl (C=O) groups excluding carboxylic acids is 1. The standard InChI is InChI=1S/C19H14N2O5/c1-20-15-5-3-2-4-13(15)18-17(19(20)23)14(10-16(22)26-18)11-6-8-12(9-7-11)21(24)25/h2-9,14H,10H2,1H3. The number of hydrogen-bond donors (Lipinski definition) is 0. The number of esters is 1. The Morgan fingerprint density at radius 1 is 1.12 bits per heavy atom. The van der Waals surface area contributed by atoms with E-state index in [1.807, 2.05) is 12.1 Å². The zero-order chi connectivity index (χ0) is 18.4. The average molecular weight is 350 g/mol. The third-order valence-corrected chi connectivity index (χ3v) is 4.73. The van der Waals surface area contributed by atoms with Gasteiger partial charge in [-0.25, -0.2) is 0 Å². The van der Waals surface area contributed by atoms with E-state index < -0.39 is 16.8 Å². The van der Waals surface area contributed by atoms with Gasteiger partial charge in [-0.2, -0.15) is 0 Å². The molecule has 0 amide bonds. The van der Waals surface area contributed by atoms with Crippen molar-refractivity contribution in [1.82, 2.24) is 4.57 Å². The van der Waals surface area contributed by atoms with E-state index >= 15 is 0 Å². The molecule has 1 aromatic heterocycles. The van der Waals surface area contributed by atoms with Gasteiger partial charge in [0.15, 0.2) is 0 Å². The number of fused-ring (bicyclic) bond motifs is 3. The summed E-state index contributed by atoms with van der Waals surface area (Å²) in [4.78, 5) is 35.5. The Morgan fingerprint density at radius 3 is 2.50 bits per heavy atom. The Bertz CT molecular complexity index is 1120. The number of aryl methyl sites for hydroxylation is 1. The highest BCUT2D eigenvalue weighted by Crippen LogP contribution is 2.40. The summed E-state index contributed by atoms with van der Waals surface area (Å²) >= 11 is 0. The molecule has 0 fully saturated rings. The molecule has 26 heavy (non-hydrogen) atoms. The minimum absolute atomic E-state index is 0.0123. The summed E-state index contributed by atoms with van der Waals surface area (Å²) in [5.74, 6) is -0.655. The highest BCUT2D eigenvalue weighted by molar-refractivity contribution is 5.91. The number of pyridine rings is 1. The van der Waals surface area contributed by atoms with Gasteiger partial charge < -0.3 is 9.30 Å². The van der Waals surface area contributed by atoms with E-state index in [2.05, 4.69) is 0 Å². The number of rotatable bonds is 2. The Morgan fingerprint density at radius 2 is 1.81 bits per heavy atom. The summed E-state index contributed by atoms with van der Waals surface area (Å²) in [6, 6.07) is 13.1. The van der Waals surface area contributed by atoms with Crippen LogP contribution in [0, 0.1) is 10.1 Å². The molecule has 0 bridgehead atoms. The van der Waals surface area contributed by atoms with Gasteiger partial charge >= 0.3 is 5.97 Å². The quantitative estimate of drug-likeness (QED) is 0.403. The third-order valence-electron chi connectivity index (χ3n) is 4.73. The topological polar surface area (TPSA) is 91.4 Å². The molecule has 2 aromatic carbocycles. The lowest BCUT2D eigenvalue weighted by atomic mass is 9.86. The zero-order valence-corrected chi connectivity index (χ0v) is 13.8. The molecule has 1 atom stereocenters. The predicted molar refractivity (Wildman–Crippen MR) is 94.4 cm³/mol. The number of hydrogen-bond acceptors (Lipinski definition) is 5. The maximum atomic E-state index is 13.0. The number of aromatic nitrogens is 1. The predicted octanol–water partition coefficient (Wildman–Crippen LogP) is 2.89. The van der Waals surface area contributed by atoms with Gasteiger partial charge in [0.25, 0.3) is 11.2 Å². The highest BCUT2D eigenvalue weighted by atomic mass is 16.6. The first-order chi connectivity index (χ1) is 12.5. The Hall–Kier alpha value is -3.48. The summed E-state index contributed by atoms with van der Waals surface area (Å²) < 4.78 is 6.97. The van der Waals surface area contributed by atoms with Crippen molar-refractivity contribution >= 4 is 22.6 Å². The first-order valence-electron chi connectivity index (χ1n) is 8.04. The number of benzene rings is 2. The Balaban J connectivity index is 1.97. The van der Waals surface area contributed by atoms with Gasteiger partial charge in [0.2, 0.25) is 0 Å². The second kappa shape index (κ2) is 5.80. The van der Waals surface area contributed by atoms with Crippen LogP contribution in [-0.2, 0) is 11.8 Å². The summed E-state index contributed by atoms with van der Waals surface area (Å²) in [5.41, 5.74) is 1.46. The number of para-hydroxylation sites is 1. The minimum atomic E-state index is -0.504. The van der Waals surface area contributed by atoms with Crippen LogP contribution in [0.4, 0.5) is 5.69 Å². The highest BCUT2D eigenvalue weighted by Gasteiger charge is 2.33. The van der Waals surface area contributed by atoms with Gasteiger partial charge in [0.05, 0.1) is 22.4 Å². The van der Waals surface area contributed by atoms with Gasteiger partial charge in [-0.05, 0) is 17.7 Å². The van der Waals surface area contributed by atoms with Gasteiger partial charge in [-0.15, -0.1) is 0 Å². The summed E-state index contributed by atoms with van der Waals surface area (Å²) in [6.07, 6.45) is 0.0123. The molecule has 7 nitrogen and oxygen atoms in total. The SMILES string of the molecule is Cn1c(=O)c2c(c3ccccc31)OC(=O)CC2c1ccc([N+](=O)[O-])cc1. The zero-order valence-electron chi connectivity index (χ0n) is 13.8. The Labute approximate surface area is 147 Å². The number of nitrogens with zero attached hydrogens (tertiary/aromatic N) is 2. The second-order valence-electron chi connectivity index (χ2n) is 6.20. The van der Waals surface area contributed by atoms with E-state index in [1.54, 1.807) is 31.3 Å². The van der Waals surface area contributed by atoms with Crippen molar-refractivity contribution in [3.8, 4) is 5.75 Å². The van der Waals surface area contributed by atoms with Crippen molar-refractivity contribution in [2.75, 3.05) is 0 Å². The van der Waals surface area contributed by atoms with Crippen molar-refractivity contribution in [2.45, 2.75) is 12.3 Å². The molecular weight excluding hydrogens is 336 g/mol. The molecule has 2 heterocycles. The van der Waals surface area contributed by atoms with Gasteiger partial charge in [0.1, 0.15) is 5.75 Å². The maximum Gasteiger partial charge on any atom is 0.312 e. The molecule has 0 spiro atoms. The molecule has 0 saturated heterocycles. The number of non-ortho nitro benzene ring substituents is 1. The van der Waals surface area contributed by atoms with Crippen molar-refractivity contribution in [3.63, 3.8) is 0 Å². The lowest BCUT2D eigenvalue weighted by molar-refractivity contribution is -0.384. The molecule has 3 aromatic rings. The number of carbonyl (C=O) groups is 1. The van der Waals surface area contributed by atoms with Crippen molar-refractivity contribution in [1.29, 1.82) is 0 Å². The van der Waals surface area contributed by atoms with Crippen LogP contribution in [0.25, 0.3) is 10.9 Å². The minimum Gasteiger partial charge on any atom is -0.425 e. The van der Waals surface area contributed by atoms with Crippen molar-refractivity contribution in [2.24, 2.45) is 7.05 Å². The molecule has 130 valence electrons. The smallest absolute Gasteiger partial charge is 0.312 e. The number of ether oxygens (including phenoxy) is 1. The second-order valence-corrected chi connectivity index (χ2v) is 6.20. The average Bonchev–Trinajstić information content (AvgIpc) is 2.65. The van der Waals surface area contributed by atoms with E-state index in [0.717, 1.165) is 0 Å². The van der Waals surface area contributed by atoms with Gasteiger partial charge in [0, 0.05) is 30.5 Å². The van der Waals surface area contributed by atoms with E-state index in [-0.39, 0.29) is 23.4 Å². The monoisotopic (exact) mass is 350 g/mol. The summed E-state index contributed by atoms with van der Waals surface area (Å²) in [7, 11) is 1.67. The largest absolute Gasteiger partial charge is 0.425 e. The molecule has 1 unspecified atom stereocenters. The number of nitro benzene ring substituents is 1. The Kier molecular flexibility index (Phi) is 3.57. The van der Waals surface area contributed by atoms with E-state index in [4.69, 9.17) is 4.74 Å². The lowest BCUT2D eigenvalue weighted by Crippen LogP contribution is -2.31.